The van der Waals surface area contributed by atoms with Crippen molar-refractivity contribution in [2.45, 2.75) is 12.8 Å². The van der Waals surface area contributed by atoms with E-state index in [2.05, 4.69) is 25.6 Å². The lowest BCUT2D eigenvalue weighted by molar-refractivity contribution is 0.565. The molecule has 17 heavy (non-hydrogen) atoms. The van der Waals surface area contributed by atoms with E-state index in [1.807, 2.05) is 13.1 Å². The van der Waals surface area contributed by atoms with Gasteiger partial charge in [0.25, 0.3) is 0 Å². The van der Waals surface area contributed by atoms with Crippen LogP contribution in [0.15, 0.2) is 12.3 Å². The largest absolute Gasteiger partial charge is 0.386 e. The lowest BCUT2D eigenvalue weighted by Gasteiger charge is -2.04. The van der Waals surface area contributed by atoms with Gasteiger partial charge in [-0.1, -0.05) is 0 Å². The maximum absolute atomic E-state index is 4.55. The van der Waals surface area contributed by atoms with Crippen LogP contribution < -0.4 is 10.6 Å². The fourth-order valence-electron chi connectivity index (χ4n) is 2.43. The second-order valence-corrected chi connectivity index (χ2v) is 4.55. The summed E-state index contributed by atoms with van der Waals surface area (Å²) >= 11 is 0. The van der Waals surface area contributed by atoms with E-state index in [-0.39, 0.29) is 0 Å². The van der Waals surface area contributed by atoms with Crippen molar-refractivity contribution in [2.75, 3.05) is 25.5 Å². The number of rotatable bonds is 3. The van der Waals surface area contributed by atoms with Crippen molar-refractivity contribution in [2.24, 2.45) is 5.92 Å². The minimum atomic E-state index is 0.702. The molecule has 3 heterocycles. The number of hydrogen-bond donors (Lipinski definition) is 3. The first kappa shape index (κ1) is 10.5. The number of pyridine rings is 1. The molecule has 0 spiro atoms. The predicted octanol–water partition coefficient (Wildman–Crippen LogP) is 1.15. The Balaban J connectivity index is 1.90. The van der Waals surface area contributed by atoms with Crippen LogP contribution in [0.2, 0.25) is 0 Å². The lowest BCUT2D eigenvalue weighted by atomic mass is 10.1. The third-order valence-electron chi connectivity index (χ3n) is 3.35. The summed E-state index contributed by atoms with van der Waals surface area (Å²) < 4.78 is 0. The Bertz CT molecular complexity index is 513. The van der Waals surface area contributed by atoms with Crippen molar-refractivity contribution in [3.63, 3.8) is 0 Å². The first-order valence-electron chi connectivity index (χ1n) is 6.09. The van der Waals surface area contributed by atoms with E-state index < -0.39 is 0 Å². The van der Waals surface area contributed by atoms with Crippen LogP contribution in [-0.2, 0) is 6.42 Å². The number of nitrogens with zero attached hydrogens (tertiary/aromatic N) is 2. The molecule has 1 unspecified atom stereocenters. The van der Waals surface area contributed by atoms with Gasteiger partial charge in [-0.3, -0.25) is 0 Å². The monoisotopic (exact) mass is 231 g/mol. The van der Waals surface area contributed by atoms with E-state index in [4.69, 9.17) is 0 Å². The zero-order chi connectivity index (χ0) is 11.7. The number of aromatic amines is 1. The van der Waals surface area contributed by atoms with Crippen LogP contribution in [0.25, 0.3) is 11.2 Å². The normalized spacial score (nSPS) is 19.9. The topological polar surface area (TPSA) is 65.6 Å². The highest BCUT2D eigenvalue weighted by Gasteiger charge is 2.17. The summed E-state index contributed by atoms with van der Waals surface area (Å²) in [5, 5.41) is 6.53. The van der Waals surface area contributed by atoms with Crippen molar-refractivity contribution < 1.29 is 0 Å². The highest BCUT2D eigenvalue weighted by atomic mass is 15.0. The van der Waals surface area contributed by atoms with Crippen molar-refractivity contribution >= 4 is 16.9 Å². The molecule has 1 saturated heterocycles. The molecule has 5 heteroatoms. The molecule has 3 N–H and O–H groups in total. The molecule has 2 aromatic rings. The van der Waals surface area contributed by atoms with Crippen LogP contribution in [0.5, 0.6) is 0 Å². The molecular formula is C12H17N5. The SMILES string of the molecule is CNc1ccnc2nc(CC3CCNC3)[nH]c12. The molecule has 0 amide bonds. The van der Waals surface area contributed by atoms with Crippen LogP contribution in [0.4, 0.5) is 5.69 Å². The Labute approximate surface area is 100 Å². The number of anilines is 1. The van der Waals surface area contributed by atoms with E-state index in [1.165, 1.54) is 6.42 Å². The highest BCUT2D eigenvalue weighted by molar-refractivity contribution is 5.85. The average Bonchev–Trinajstić information content (AvgIpc) is 2.97. The summed E-state index contributed by atoms with van der Waals surface area (Å²) in [5.74, 6) is 1.75. The average molecular weight is 231 g/mol. The highest BCUT2D eigenvalue weighted by Crippen LogP contribution is 2.20. The van der Waals surface area contributed by atoms with Gasteiger partial charge >= 0.3 is 0 Å². The number of nitrogens with one attached hydrogen (secondary N) is 3. The van der Waals surface area contributed by atoms with Crippen molar-refractivity contribution in [3.05, 3.63) is 18.1 Å². The summed E-state index contributed by atoms with van der Waals surface area (Å²) in [6, 6.07) is 1.96. The maximum Gasteiger partial charge on any atom is 0.179 e. The Hall–Kier alpha value is -1.62. The predicted molar refractivity (Wildman–Crippen MR) is 68.1 cm³/mol. The van der Waals surface area contributed by atoms with Gasteiger partial charge in [0, 0.05) is 19.7 Å². The van der Waals surface area contributed by atoms with Gasteiger partial charge in [-0.25, -0.2) is 9.97 Å². The molecule has 0 aromatic carbocycles. The molecule has 90 valence electrons. The van der Waals surface area contributed by atoms with E-state index >= 15 is 0 Å². The van der Waals surface area contributed by atoms with Crippen molar-refractivity contribution in [1.29, 1.82) is 0 Å². The van der Waals surface area contributed by atoms with Crippen LogP contribution in [-0.4, -0.2) is 35.1 Å². The third-order valence-corrected chi connectivity index (χ3v) is 3.35. The van der Waals surface area contributed by atoms with E-state index in [1.54, 1.807) is 6.20 Å². The Morgan fingerprint density at radius 3 is 3.24 bits per heavy atom. The molecule has 1 atom stereocenters. The second-order valence-electron chi connectivity index (χ2n) is 4.55. The quantitative estimate of drug-likeness (QED) is 0.741. The zero-order valence-corrected chi connectivity index (χ0v) is 9.95. The lowest BCUT2D eigenvalue weighted by Crippen LogP contribution is -2.11. The van der Waals surface area contributed by atoms with Gasteiger partial charge in [0.1, 0.15) is 11.3 Å². The van der Waals surface area contributed by atoms with Crippen LogP contribution in [0.1, 0.15) is 12.2 Å². The molecule has 1 fully saturated rings. The fourth-order valence-corrected chi connectivity index (χ4v) is 2.43. The standard InChI is InChI=1S/C12H17N5/c1-13-9-3-5-15-12-11(9)16-10(17-12)6-8-2-4-14-7-8/h3,5,8,14H,2,4,6-7H2,1H3,(H2,13,15,16,17). The van der Waals surface area contributed by atoms with Gasteiger partial charge < -0.3 is 15.6 Å². The van der Waals surface area contributed by atoms with E-state index in [0.717, 1.165) is 42.2 Å². The molecule has 1 aliphatic rings. The minimum Gasteiger partial charge on any atom is -0.386 e. The molecule has 5 nitrogen and oxygen atoms in total. The molecule has 2 aromatic heterocycles. The number of fused-ring (bicyclic) bond motifs is 1. The van der Waals surface area contributed by atoms with Gasteiger partial charge in [-0.15, -0.1) is 0 Å². The van der Waals surface area contributed by atoms with Crippen molar-refractivity contribution in [3.8, 4) is 0 Å². The smallest absolute Gasteiger partial charge is 0.179 e. The summed E-state index contributed by atoms with van der Waals surface area (Å²) in [5.41, 5.74) is 2.87. The maximum atomic E-state index is 4.55. The third kappa shape index (κ3) is 1.98. The Kier molecular flexibility index (Phi) is 2.68. The molecule has 0 aliphatic carbocycles. The van der Waals surface area contributed by atoms with Crippen LogP contribution in [0.3, 0.4) is 0 Å². The Morgan fingerprint density at radius 1 is 1.53 bits per heavy atom. The molecule has 1 aliphatic heterocycles. The summed E-state index contributed by atoms with van der Waals surface area (Å²) in [6.45, 7) is 2.23. The minimum absolute atomic E-state index is 0.702. The van der Waals surface area contributed by atoms with Gasteiger partial charge in [0.05, 0.1) is 5.69 Å². The van der Waals surface area contributed by atoms with Gasteiger partial charge in [-0.2, -0.15) is 0 Å². The number of H-pyrrole nitrogens is 1. The zero-order valence-electron chi connectivity index (χ0n) is 9.95. The Morgan fingerprint density at radius 2 is 2.47 bits per heavy atom. The first-order valence-corrected chi connectivity index (χ1v) is 6.09. The summed E-state index contributed by atoms with van der Waals surface area (Å²) in [4.78, 5) is 12.2. The molecule has 0 radical (unpaired) electrons. The van der Waals surface area contributed by atoms with Crippen LogP contribution >= 0.6 is 0 Å². The second kappa shape index (κ2) is 4.33. The van der Waals surface area contributed by atoms with Gasteiger partial charge in [0.15, 0.2) is 5.65 Å². The molecule has 0 bridgehead atoms. The first-order chi connectivity index (χ1) is 8.36. The number of aromatic nitrogens is 3. The molecule has 0 saturated carbocycles. The number of imidazole rings is 1. The van der Waals surface area contributed by atoms with Gasteiger partial charge in [0.2, 0.25) is 0 Å². The molecule has 3 rings (SSSR count). The van der Waals surface area contributed by atoms with E-state index in [0.29, 0.717) is 5.92 Å². The summed E-state index contributed by atoms with van der Waals surface area (Å²) in [6.07, 6.45) is 4.03. The van der Waals surface area contributed by atoms with Gasteiger partial charge in [-0.05, 0) is 31.5 Å². The molecular weight excluding hydrogens is 214 g/mol. The van der Waals surface area contributed by atoms with Crippen LogP contribution in [0, 0.1) is 5.92 Å². The fraction of sp³-hybridized carbons (Fsp3) is 0.500. The number of hydrogen-bond acceptors (Lipinski definition) is 4. The summed E-state index contributed by atoms with van der Waals surface area (Å²) in [7, 11) is 1.91. The van der Waals surface area contributed by atoms with Crippen molar-refractivity contribution in [1.82, 2.24) is 20.3 Å². The van der Waals surface area contributed by atoms with E-state index in [9.17, 15) is 0 Å².